The third-order valence-corrected chi connectivity index (χ3v) is 5.29. The molecule has 128 valence electrons. The zero-order chi connectivity index (χ0) is 17.2. The molecule has 0 atom stereocenters. The molecule has 1 saturated heterocycles. The molecule has 1 aromatic heterocycles. The summed E-state index contributed by atoms with van der Waals surface area (Å²) < 4.78 is 0. The molecule has 25 heavy (non-hydrogen) atoms. The molecular formula is C21H22ClN3. The molecule has 0 saturated carbocycles. The van der Waals surface area contributed by atoms with Crippen LogP contribution in [0.25, 0.3) is 10.9 Å². The van der Waals surface area contributed by atoms with E-state index in [9.17, 15) is 0 Å². The van der Waals surface area contributed by atoms with Crippen molar-refractivity contribution in [2.75, 3.05) is 31.1 Å². The van der Waals surface area contributed by atoms with E-state index in [1.165, 1.54) is 22.2 Å². The van der Waals surface area contributed by atoms with Gasteiger partial charge in [0.05, 0.1) is 5.52 Å². The third kappa shape index (κ3) is 3.48. The van der Waals surface area contributed by atoms with Crippen LogP contribution in [0.2, 0.25) is 5.02 Å². The molecule has 4 rings (SSSR count). The van der Waals surface area contributed by atoms with Gasteiger partial charge in [-0.15, -0.1) is 0 Å². The maximum atomic E-state index is 6.11. The van der Waals surface area contributed by atoms with Crippen LogP contribution < -0.4 is 4.90 Å². The highest BCUT2D eigenvalue weighted by atomic mass is 35.5. The molecule has 2 heterocycles. The molecule has 3 aromatic rings. The van der Waals surface area contributed by atoms with Crippen LogP contribution >= 0.6 is 11.6 Å². The van der Waals surface area contributed by atoms with Gasteiger partial charge in [-0.1, -0.05) is 35.9 Å². The Labute approximate surface area is 153 Å². The van der Waals surface area contributed by atoms with E-state index < -0.39 is 0 Å². The summed E-state index contributed by atoms with van der Waals surface area (Å²) in [6, 6.07) is 16.8. The molecule has 2 aromatic carbocycles. The molecule has 0 N–H and O–H groups in total. The van der Waals surface area contributed by atoms with Crippen LogP contribution in [0, 0.1) is 6.92 Å². The number of benzene rings is 2. The summed E-state index contributed by atoms with van der Waals surface area (Å²) in [5.41, 5.74) is 5.03. The molecule has 4 heteroatoms. The number of piperazine rings is 1. The first-order chi connectivity index (χ1) is 12.2. The summed E-state index contributed by atoms with van der Waals surface area (Å²) >= 11 is 6.11. The van der Waals surface area contributed by atoms with E-state index in [0.29, 0.717) is 0 Å². The van der Waals surface area contributed by atoms with Crippen molar-refractivity contribution in [3.05, 3.63) is 70.9 Å². The topological polar surface area (TPSA) is 19.4 Å². The van der Waals surface area contributed by atoms with Crippen molar-refractivity contribution >= 4 is 28.2 Å². The molecule has 0 radical (unpaired) electrons. The standard InChI is InChI=1S/C21H22ClN3/c1-16-4-2-3-5-17(16)15-24-10-12-25(13-11-24)21-8-9-23-20-14-18(22)6-7-19(20)21/h2-9,14H,10-13,15H2,1H3. The maximum Gasteiger partial charge on any atom is 0.0737 e. The fourth-order valence-electron chi connectivity index (χ4n) is 3.56. The van der Waals surface area contributed by atoms with Gasteiger partial charge in [-0.05, 0) is 42.3 Å². The lowest BCUT2D eigenvalue weighted by molar-refractivity contribution is 0.249. The highest BCUT2D eigenvalue weighted by Gasteiger charge is 2.19. The lowest BCUT2D eigenvalue weighted by atomic mass is 10.1. The largest absolute Gasteiger partial charge is 0.368 e. The number of hydrogen-bond acceptors (Lipinski definition) is 3. The molecule has 0 aliphatic carbocycles. The number of pyridine rings is 1. The number of halogens is 1. The van der Waals surface area contributed by atoms with Crippen molar-refractivity contribution in [1.29, 1.82) is 0 Å². The van der Waals surface area contributed by atoms with Gasteiger partial charge >= 0.3 is 0 Å². The first-order valence-corrected chi connectivity index (χ1v) is 9.14. The Bertz CT molecular complexity index is 885. The smallest absolute Gasteiger partial charge is 0.0737 e. The van der Waals surface area contributed by atoms with Gasteiger partial charge in [0, 0.05) is 55.0 Å². The molecule has 1 aliphatic heterocycles. The molecule has 0 bridgehead atoms. The van der Waals surface area contributed by atoms with Crippen LogP contribution in [0.4, 0.5) is 5.69 Å². The monoisotopic (exact) mass is 351 g/mol. The number of aromatic nitrogens is 1. The van der Waals surface area contributed by atoms with Crippen molar-refractivity contribution in [3.8, 4) is 0 Å². The summed E-state index contributed by atoms with van der Waals surface area (Å²) in [7, 11) is 0. The SMILES string of the molecule is Cc1ccccc1CN1CCN(c2ccnc3cc(Cl)ccc23)CC1. The molecule has 0 unspecified atom stereocenters. The van der Waals surface area contributed by atoms with E-state index in [2.05, 4.69) is 58.1 Å². The van der Waals surface area contributed by atoms with E-state index in [1.807, 2.05) is 18.3 Å². The van der Waals surface area contributed by atoms with E-state index in [0.717, 1.165) is 43.3 Å². The number of rotatable bonds is 3. The van der Waals surface area contributed by atoms with Crippen LogP contribution in [0.15, 0.2) is 54.7 Å². The average molecular weight is 352 g/mol. The zero-order valence-corrected chi connectivity index (χ0v) is 15.2. The minimum absolute atomic E-state index is 0.736. The Hall–Kier alpha value is -2.10. The van der Waals surface area contributed by atoms with Gasteiger partial charge in [0.2, 0.25) is 0 Å². The lowest BCUT2D eigenvalue weighted by Crippen LogP contribution is -2.46. The summed E-state index contributed by atoms with van der Waals surface area (Å²) in [6.45, 7) is 7.45. The summed E-state index contributed by atoms with van der Waals surface area (Å²) in [4.78, 5) is 9.46. The molecule has 0 amide bonds. The second-order valence-corrected chi connectivity index (χ2v) is 7.12. The van der Waals surface area contributed by atoms with Crippen LogP contribution in [0.1, 0.15) is 11.1 Å². The third-order valence-electron chi connectivity index (χ3n) is 5.05. The van der Waals surface area contributed by atoms with Gasteiger partial charge in [-0.2, -0.15) is 0 Å². The van der Waals surface area contributed by atoms with Crippen LogP contribution in [-0.4, -0.2) is 36.1 Å². The van der Waals surface area contributed by atoms with Crippen molar-refractivity contribution < 1.29 is 0 Å². The van der Waals surface area contributed by atoms with Gasteiger partial charge < -0.3 is 4.90 Å². The molecule has 0 spiro atoms. The maximum absolute atomic E-state index is 6.11. The first-order valence-electron chi connectivity index (χ1n) is 8.77. The van der Waals surface area contributed by atoms with Crippen molar-refractivity contribution in [2.24, 2.45) is 0 Å². The fourth-order valence-corrected chi connectivity index (χ4v) is 3.72. The zero-order valence-electron chi connectivity index (χ0n) is 14.5. The second kappa shape index (κ2) is 7.03. The molecule has 1 fully saturated rings. The lowest BCUT2D eigenvalue weighted by Gasteiger charge is -2.36. The van der Waals surface area contributed by atoms with Crippen molar-refractivity contribution in [3.63, 3.8) is 0 Å². The van der Waals surface area contributed by atoms with Crippen LogP contribution in [0.3, 0.4) is 0 Å². The quantitative estimate of drug-likeness (QED) is 0.691. The van der Waals surface area contributed by atoms with Crippen LogP contribution in [0.5, 0.6) is 0 Å². The van der Waals surface area contributed by atoms with E-state index in [4.69, 9.17) is 11.6 Å². The van der Waals surface area contributed by atoms with Gasteiger partial charge in [0.1, 0.15) is 0 Å². The normalized spacial score (nSPS) is 15.7. The van der Waals surface area contributed by atoms with Gasteiger partial charge in [0.25, 0.3) is 0 Å². The van der Waals surface area contributed by atoms with Crippen molar-refractivity contribution in [1.82, 2.24) is 9.88 Å². The van der Waals surface area contributed by atoms with Gasteiger partial charge in [-0.25, -0.2) is 0 Å². The van der Waals surface area contributed by atoms with Gasteiger partial charge in [0.15, 0.2) is 0 Å². The van der Waals surface area contributed by atoms with Gasteiger partial charge in [-0.3, -0.25) is 9.88 Å². The Morgan fingerprint density at radius 1 is 1.00 bits per heavy atom. The van der Waals surface area contributed by atoms with E-state index >= 15 is 0 Å². The highest BCUT2D eigenvalue weighted by molar-refractivity contribution is 6.31. The summed E-state index contributed by atoms with van der Waals surface area (Å²) in [6.07, 6.45) is 1.88. The Balaban J connectivity index is 1.48. The predicted octanol–water partition coefficient (Wildman–Crippen LogP) is 4.52. The van der Waals surface area contributed by atoms with Crippen LogP contribution in [-0.2, 0) is 6.54 Å². The number of hydrogen-bond donors (Lipinski definition) is 0. The minimum atomic E-state index is 0.736. The highest BCUT2D eigenvalue weighted by Crippen LogP contribution is 2.28. The van der Waals surface area contributed by atoms with E-state index in [1.54, 1.807) is 0 Å². The number of fused-ring (bicyclic) bond motifs is 1. The first kappa shape index (κ1) is 16.4. The number of aryl methyl sites for hydroxylation is 1. The molecule has 3 nitrogen and oxygen atoms in total. The summed E-state index contributed by atoms with van der Waals surface area (Å²) in [5, 5.41) is 1.92. The summed E-state index contributed by atoms with van der Waals surface area (Å²) in [5.74, 6) is 0. The number of nitrogens with zero attached hydrogens (tertiary/aromatic N) is 3. The van der Waals surface area contributed by atoms with E-state index in [-0.39, 0.29) is 0 Å². The van der Waals surface area contributed by atoms with Crippen molar-refractivity contribution in [2.45, 2.75) is 13.5 Å². The molecule has 1 aliphatic rings. The Morgan fingerprint density at radius 3 is 2.60 bits per heavy atom. The second-order valence-electron chi connectivity index (χ2n) is 6.68. The molecular weight excluding hydrogens is 330 g/mol. The Kier molecular flexibility index (Phi) is 4.60. The number of anilines is 1. The predicted molar refractivity (Wildman–Crippen MR) is 105 cm³/mol. The average Bonchev–Trinajstić information content (AvgIpc) is 2.63. The Morgan fingerprint density at radius 2 is 1.80 bits per heavy atom. The fraction of sp³-hybridized carbons (Fsp3) is 0.286. The minimum Gasteiger partial charge on any atom is -0.368 e.